The number of alkyl carbamates (subject to hydrolysis) is 1. The van der Waals surface area contributed by atoms with E-state index in [1.165, 1.54) is 0 Å². The predicted octanol–water partition coefficient (Wildman–Crippen LogP) is 4.03. The number of nitrogens with one attached hydrogen (secondary N) is 2. The van der Waals surface area contributed by atoms with E-state index in [4.69, 9.17) is 27.9 Å². The van der Waals surface area contributed by atoms with Crippen molar-refractivity contribution < 1.29 is 14.6 Å². The van der Waals surface area contributed by atoms with Gasteiger partial charge in [0, 0.05) is 18.8 Å². The van der Waals surface area contributed by atoms with Gasteiger partial charge < -0.3 is 20.5 Å². The van der Waals surface area contributed by atoms with E-state index < -0.39 is 11.7 Å². The normalized spacial score (nSPS) is 11.1. The van der Waals surface area contributed by atoms with Gasteiger partial charge >= 0.3 is 6.09 Å². The van der Waals surface area contributed by atoms with Crippen LogP contribution < -0.4 is 10.6 Å². The lowest BCUT2D eigenvalue weighted by Crippen LogP contribution is -2.33. The minimum absolute atomic E-state index is 0.129. The first kappa shape index (κ1) is 17.7. The number of anilines is 1. The molecule has 1 aromatic carbocycles. The molecule has 21 heavy (non-hydrogen) atoms. The zero-order valence-corrected chi connectivity index (χ0v) is 13.8. The largest absolute Gasteiger partial charge is 0.505 e. The molecule has 1 amide bonds. The van der Waals surface area contributed by atoms with Crippen LogP contribution in [-0.4, -0.2) is 29.9 Å². The van der Waals surface area contributed by atoms with Crippen LogP contribution in [0.1, 0.15) is 27.2 Å². The molecule has 118 valence electrons. The molecule has 0 aromatic heterocycles. The topological polar surface area (TPSA) is 70.6 Å². The Kier molecular flexibility index (Phi) is 6.42. The molecule has 3 N–H and O–H groups in total. The van der Waals surface area contributed by atoms with Crippen LogP contribution in [0, 0.1) is 0 Å². The molecule has 0 bridgehead atoms. The van der Waals surface area contributed by atoms with Crippen molar-refractivity contribution >= 4 is 35.0 Å². The van der Waals surface area contributed by atoms with Crippen LogP contribution in [0.25, 0.3) is 0 Å². The summed E-state index contributed by atoms with van der Waals surface area (Å²) in [4.78, 5) is 11.4. The van der Waals surface area contributed by atoms with E-state index in [0.717, 1.165) is 0 Å². The lowest BCUT2D eigenvalue weighted by Gasteiger charge is -2.19. The number of ether oxygens (including phenoxy) is 1. The third-order valence-electron chi connectivity index (χ3n) is 2.37. The highest BCUT2D eigenvalue weighted by Crippen LogP contribution is 2.34. The number of carbonyl (C=O) groups is 1. The van der Waals surface area contributed by atoms with Gasteiger partial charge in [0.05, 0.1) is 10.0 Å². The molecule has 0 spiro atoms. The van der Waals surface area contributed by atoms with Crippen molar-refractivity contribution in [2.75, 3.05) is 18.4 Å². The molecule has 0 aliphatic carbocycles. The minimum Gasteiger partial charge on any atom is -0.505 e. The van der Waals surface area contributed by atoms with Gasteiger partial charge in [0.15, 0.2) is 5.75 Å². The first-order chi connectivity index (χ1) is 9.69. The molecule has 0 fully saturated rings. The van der Waals surface area contributed by atoms with Crippen LogP contribution >= 0.6 is 23.2 Å². The minimum atomic E-state index is -0.498. The number of halogens is 2. The smallest absolute Gasteiger partial charge is 0.407 e. The third kappa shape index (κ3) is 6.78. The highest BCUT2D eigenvalue weighted by Gasteiger charge is 2.15. The standard InChI is InChI=1S/C14H20Cl2N2O3/c1-14(2,3)21-13(20)18-6-4-5-17-9-7-10(15)12(19)11(16)8-9/h7-8,17,19H,4-6H2,1-3H3,(H,18,20). The van der Waals surface area contributed by atoms with E-state index >= 15 is 0 Å². The Morgan fingerprint density at radius 3 is 2.33 bits per heavy atom. The summed E-state index contributed by atoms with van der Waals surface area (Å²) in [6.07, 6.45) is 0.272. The molecule has 0 unspecified atom stereocenters. The summed E-state index contributed by atoms with van der Waals surface area (Å²) in [7, 11) is 0. The maximum absolute atomic E-state index is 11.4. The monoisotopic (exact) mass is 334 g/mol. The average molecular weight is 335 g/mol. The molecule has 5 nitrogen and oxygen atoms in total. The predicted molar refractivity (Wildman–Crippen MR) is 85.5 cm³/mol. The maximum atomic E-state index is 11.4. The SMILES string of the molecule is CC(C)(C)OC(=O)NCCCNc1cc(Cl)c(O)c(Cl)c1. The number of aromatic hydroxyl groups is 1. The van der Waals surface area contributed by atoms with Crippen molar-refractivity contribution in [2.24, 2.45) is 0 Å². The highest BCUT2D eigenvalue weighted by atomic mass is 35.5. The van der Waals surface area contributed by atoms with Gasteiger partial charge in [-0.2, -0.15) is 0 Å². The Labute approximate surface area is 134 Å². The van der Waals surface area contributed by atoms with Gasteiger partial charge in [0.1, 0.15) is 5.60 Å². The van der Waals surface area contributed by atoms with Crippen LogP contribution in [-0.2, 0) is 4.74 Å². The first-order valence-corrected chi connectivity index (χ1v) is 7.33. The van der Waals surface area contributed by atoms with Gasteiger partial charge in [0.25, 0.3) is 0 Å². The number of hydrogen-bond donors (Lipinski definition) is 3. The molecular formula is C14H20Cl2N2O3. The van der Waals surface area contributed by atoms with E-state index in [-0.39, 0.29) is 15.8 Å². The van der Waals surface area contributed by atoms with Gasteiger partial charge in [-0.05, 0) is 39.3 Å². The summed E-state index contributed by atoms with van der Waals surface area (Å²) in [6, 6.07) is 3.17. The lowest BCUT2D eigenvalue weighted by atomic mass is 10.2. The van der Waals surface area contributed by atoms with Gasteiger partial charge in [-0.3, -0.25) is 0 Å². The molecule has 0 atom stereocenters. The molecule has 0 heterocycles. The molecule has 0 aliphatic rings. The molecular weight excluding hydrogens is 315 g/mol. The fourth-order valence-corrected chi connectivity index (χ4v) is 1.98. The number of phenolic OH excluding ortho intramolecular Hbond substituents is 1. The van der Waals surface area contributed by atoms with Crippen LogP contribution in [0.3, 0.4) is 0 Å². The van der Waals surface area contributed by atoms with Crippen LogP contribution in [0.4, 0.5) is 10.5 Å². The quantitative estimate of drug-likeness (QED) is 0.561. The Hall–Kier alpha value is -1.33. The molecule has 1 rings (SSSR count). The number of benzene rings is 1. The lowest BCUT2D eigenvalue weighted by molar-refractivity contribution is 0.0528. The van der Waals surface area contributed by atoms with E-state index in [1.54, 1.807) is 12.1 Å². The van der Waals surface area contributed by atoms with E-state index in [9.17, 15) is 9.90 Å². The van der Waals surface area contributed by atoms with Gasteiger partial charge in [-0.25, -0.2) is 4.79 Å². The first-order valence-electron chi connectivity index (χ1n) is 6.58. The second-order valence-corrected chi connectivity index (χ2v) is 6.31. The average Bonchev–Trinajstić information content (AvgIpc) is 2.33. The molecule has 0 saturated carbocycles. The van der Waals surface area contributed by atoms with E-state index in [0.29, 0.717) is 25.2 Å². The second kappa shape index (κ2) is 7.61. The van der Waals surface area contributed by atoms with Gasteiger partial charge in [-0.1, -0.05) is 23.2 Å². The highest BCUT2D eigenvalue weighted by molar-refractivity contribution is 6.37. The Morgan fingerprint density at radius 1 is 1.24 bits per heavy atom. The van der Waals surface area contributed by atoms with Crippen molar-refractivity contribution in [3.63, 3.8) is 0 Å². The number of carbonyl (C=O) groups excluding carboxylic acids is 1. The van der Waals surface area contributed by atoms with Crippen molar-refractivity contribution in [1.29, 1.82) is 0 Å². The fourth-order valence-electron chi connectivity index (χ4n) is 1.49. The Bertz CT molecular complexity index is 478. The molecule has 1 aromatic rings. The fraction of sp³-hybridized carbons (Fsp3) is 0.500. The zero-order valence-electron chi connectivity index (χ0n) is 12.3. The van der Waals surface area contributed by atoms with Crippen LogP contribution in [0.15, 0.2) is 12.1 Å². The van der Waals surface area contributed by atoms with E-state index in [1.807, 2.05) is 20.8 Å². The number of phenols is 1. The van der Waals surface area contributed by atoms with Crippen LogP contribution in [0.2, 0.25) is 10.0 Å². The van der Waals surface area contributed by atoms with Crippen LogP contribution in [0.5, 0.6) is 5.75 Å². The van der Waals surface area contributed by atoms with Gasteiger partial charge in [-0.15, -0.1) is 0 Å². The summed E-state index contributed by atoms with van der Waals surface area (Å²) in [5.74, 6) is -0.129. The van der Waals surface area contributed by atoms with Crippen molar-refractivity contribution in [2.45, 2.75) is 32.8 Å². The van der Waals surface area contributed by atoms with Crippen molar-refractivity contribution in [3.05, 3.63) is 22.2 Å². The number of hydrogen-bond acceptors (Lipinski definition) is 4. The Balaban J connectivity index is 2.27. The maximum Gasteiger partial charge on any atom is 0.407 e. The molecule has 0 aliphatic heterocycles. The number of rotatable bonds is 5. The zero-order chi connectivity index (χ0) is 16.0. The van der Waals surface area contributed by atoms with Gasteiger partial charge in [0.2, 0.25) is 0 Å². The molecule has 0 radical (unpaired) electrons. The summed E-state index contributed by atoms with van der Waals surface area (Å²) in [5, 5.41) is 15.6. The molecule has 0 saturated heterocycles. The van der Waals surface area contributed by atoms with E-state index in [2.05, 4.69) is 10.6 Å². The summed E-state index contributed by atoms with van der Waals surface area (Å²) < 4.78 is 5.11. The number of amides is 1. The van der Waals surface area contributed by atoms with Crippen molar-refractivity contribution in [3.8, 4) is 5.75 Å². The molecule has 7 heteroatoms. The third-order valence-corrected chi connectivity index (χ3v) is 2.94. The summed E-state index contributed by atoms with van der Waals surface area (Å²) in [5.41, 5.74) is 0.210. The van der Waals surface area contributed by atoms with Crippen molar-refractivity contribution in [1.82, 2.24) is 5.32 Å². The summed E-state index contributed by atoms with van der Waals surface area (Å²) in [6.45, 7) is 6.54. The Morgan fingerprint density at radius 2 is 1.81 bits per heavy atom. The summed E-state index contributed by atoms with van der Waals surface area (Å²) >= 11 is 11.6. The second-order valence-electron chi connectivity index (χ2n) is 5.50.